The highest BCUT2D eigenvalue weighted by atomic mass is 32.2. The van der Waals surface area contributed by atoms with E-state index in [-0.39, 0.29) is 17.4 Å². The normalized spacial score (nSPS) is 12.0. The first-order valence-electron chi connectivity index (χ1n) is 6.35. The summed E-state index contributed by atoms with van der Waals surface area (Å²) in [6.45, 7) is 1.88. The molecule has 2 rings (SSSR count). The van der Waals surface area contributed by atoms with Crippen LogP contribution in [-0.2, 0) is 0 Å². The third-order valence-corrected chi connectivity index (χ3v) is 3.89. The smallest absolute Gasteiger partial charge is 0.292 e. The van der Waals surface area contributed by atoms with E-state index < -0.39 is 10.7 Å². The molecule has 0 aliphatic heterocycles. The van der Waals surface area contributed by atoms with Crippen molar-refractivity contribution in [3.8, 4) is 0 Å². The minimum atomic E-state index is -0.523. The van der Waals surface area contributed by atoms with E-state index in [1.165, 1.54) is 6.07 Å². The Morgan fingerprint density at radius 3 is 2.48 bits per heavy atom. The van der Waals surface area contributed by atoms with Gasteiger partial charge in [0.1, 0.15) is 11.5 Å². The van der Waals surface area contributed by atoms with Crippen molar-refractivity contribution in [2.75, 3.05) is 11.6 Å². The summed E-state index contributed by atoms with van der Waals surface area (Å²) in [7, 11) is 0. The van der Waals surface area contributed by atoms with Crippen LogP contribution in [0.4, 0.5) is 15.8 Å². The van der Waals surface area contributed by atoms with E-state index in [2.05, 4.69) is 5.32 Å². The summed E-state index contributed by atoms with van der Waals surface area (Å²) < 4.78 is 13.3. The molecule has 0 radical (unpaired) electrons. The van der Waals surface area contributed by atoms with Crippen molar-refractivity contribution in [2.45, 2.75) is 17.9 Å². The highest BCUT2D eigenvalue weighted by molar-refractivity contribution is 7.98. The maximum absolute atomic E-state index is 13.3. The molecule has 0 aliphatic rings. The number of thioether (sulfide) groups is 1. The molecular weight excluding hydrogens is 291 g/mol. The molecule has 0 heterocycles. The van der Waals surface area contributed by atoms with E-state index >= 15 is 0 Å². The van der Waals surface area contributed by atoms with Crippen molar-refractivity contribution in [1.29, 1.82) is 0 Å². The number of anilines is 1. The molecule has 0 amide bonds. The number of rotatable bonds is 5. The second-order valence-corrected chi connectivity index (χ2v) is 5.44. The Morgan fingerprint density at radius 1 is 1.24 bits per heavy atom. The van der Waals surface area contributed by atoms with E-state index in [0.29, 0.717) is 0 Å². The lowest BCUT2D eigenvalue weighted by Crippen LogP contribution is -2.08. The summed E-state index contributed by atoms with van der Waals surface area (Å²) in [4.78, 5) is 11.6. The maximum atomic E-state index is 13.3. The zero-order valence-electron chi connectivity index (χ0n) is 11.7. The van der Waals surface area contributed by atoms with Crippen LogP contribution in [0.15, 0.2) is 47.4 Å². The van der Waals surface area contributed by atoms with Crippen LogP contribution >= 0.6 is 11.8 Å². The van der Waals surface area contributed by atoms with Gasteiger partial charge in [0, 0.05) is 23.1 Å². The average molecular weight is 306 g/mol. The number of hydrogen-bond acceptors (Lipinski definition) is 4. The molecule has 0 saturated heterocycles. The lowest BCUT2D eigenvalue weighted by Gasteiger charge is -2.16. The summed E-state index contributed by atoms with van der Waals surface area (Å²) in [5.41, 5.74) is 1.02. The third kappa shape index (κ3) is 3.72. The van der Waals surface area contributed by atoms with Crippen molar-refractivity contribution in [1.82, 2.24) is 0 Å². The van der Waals surface area contributed by atoms with Crippen molar-refractivity contribution in [3.63, 3.8) is 0 Å². The van der Waals surface area contributed by atoms with E-state index in [0.717, 1.165) is 22.6 Å². The number of benzene rings is 2. The molecule has 0 aromatic heterocycles. The standard InChI is InChI=1S/C15H15FN2O2S/c1-10(11-3-6-13(21-2)7-4-11)17-14-9-12(16)5-8-15(14)18(19)20/h3-10,17H,1-2H3. The number of nitrogens with one attached hydrogen (secondary N) is 1. The molecule has 2 aromatic rings. The Morgan fingerprint density at radius 2 is 1.90 bits per heavy atom. The number of hydrogen-bond donors (Lipinski definition) is 1. The van der Waals surface area contributed by atoms with Gasteiger partial charge >= 0.3 is 0 Å². The molecule has 0 saturated carbocycles. The first kappa shape index (κ1) is 15.3. The van der Waals surface area contributed by atoms with Gasteiger partial charge in [0.2, 0.25) is 0 Å². The van der Waals surface area contributed by atoms with Gasteiger partial charge in [0.15, 0.2) is 0 Å². The van der Waals surface area contributed by atoms with Crippen LogP contribution in [0.3, 0.4) is 0 Å². The van der Waals surface area contributed by atoms with E-state index in [4.69, 9.17) is 0 Å². The van der Waals surface area contributed by atoms with Crippen LogP contribution in [0.1, 0.15) is 18.5 Å². The van der Waals surface area contributed by atoms with E-state index in [1.807, 2.05) is 37.4 Å². The molecule has 2 aromatic carbocycles. The molecule has 0 spiro atoms. The summed E-state index contributed by atoms with van der Waals surface area (Å²) in [5, 5.41) is 14.0. The largest absolute Gasteiger partial charge is 0.373 e. The highest BCUT2D eigenvalue weighted by Crippen LogP contribution is 2.29. The highest BCUT2D eigenvalue weighted by Gasteiger charge is 2.16. The molecule has 4 nitrogen and oxygen atoms in total. The molecule has 0 fully saturated rings. The number of nitrogens with zero attached hydrogens (tertiary/aromatic N) is 1. The average Bonchev–Trinajstić information content (AvgIpc) is 2.47. The van der Waals surface area contributed by atoms with Crippen LogP contribution in [0.25, 0.3) is 0 Å². The zero-order valence-corrected chi connectivity index (χ0v) is 12.5. The number of nitro benzene ring substituents is 1. The fraction of sp³-hybridized carbons (Fsp3) is 0.200. The molecule has 1 N–H and O–H groups in total. The second-order valence-electron chi connectivity index (χ2n) is 4.56. The van der Waals surface area contributed by atoms with Crippen LogP contribution in [0.5, 0.6) is 0 Å². The van der Waals surface area contributed by atoms with Gasteiger partial charge in [-0.05, 0) is 36.9 Å². The summed E-state index contributed by atoms with van der Waals surface area (Å²) in [5.74, 6) is -0.506. The van der Waals surface area contributed by atoms with Gasteiger partial charge in [-0.25, -0.2) is 4.39 Å². The lowest BCUT2D eigenvalue weighted by molar-refractivity contribution is -0.384. The fourth-order valence-corrected chi connectivity index (χ4v) is 2.40. The van der Waals surface area contributed by atoms with E-state index in [9.17, 15) is 14.5 Å². The number of nitro groups is 1. The first-order chi connectivity index (χ1) is 10.0. The van der Waals surface area contributed by atoms with Crippen LogP contribution < -0.4 is 5.32 Å². The second kappa shape index (κ2) is 6.58. The van der Waals surface area contributed by atoms with Gasteiger partial charge in [0.05, 0.1) is 4.92 Å². The third-order valence-electron chi connectivity index (χ3n) is 3.14. The topological polar surface area (TPSA) is 55.2 Å². The van der Waals surface area contributed by atoms with Crippen LogP contribution in [-0.4, -0.2) is 11.2 Å². The van der Waals surface area contributed by atoms with Gasteiger partial charge in [-0.2, -0.15) is 0 Å². The molecule has 21 heavy (non-hydrogen) atoms. The fourth-order valence-electron chi connectivity index (χ4n) is 1.99. The monoisotopic (exact) mass is 306 g/mol. The number of halogens is 1. The zero-order chi connectivity index (χ0) is 15.4. The first-order valence-corrected chi connectivity index (χ1v) is 7.58. The molecule has 110 valence electrons. The Labute approximate surface area is 126 Å². The van der Waals surface area contributed by atoms with Crippen molar-refractivity contribution < 1.29 is 9.31 Å². The van der Waals surface area contributed by atoms with Gasteiger partial charge < -0.3 is 5.32 Å². The van der Waals surface area contributed by atoms with E-state index in [1.54, 1.807) is 11.8 Å². The Hall–Kier alpha value is -2.08. The van der Waals surface area contributed by atoms with Crippen LogP contribution in [0, 0.1) is 15.9 Å². The minimum Gasteiger partial charge on any atom is -0.373 e. The van der Waals surface area contributed by atoms with Crippen LogP contribution in [0.2, 0.25) is 0 Å². The minimum absolute atomic E-state index is 0.135. The molecule has 0 aliphatic carbocycles. The molecule has 0 bridgehead atoms. The summed E-state index contributed by atoms with van der Waals surface area (Å²) in [6.07, 6.45) is 1.99. The predicted molar refractivity (Wildman–Crippen MR) is 83.3 cm³/mol. The van der Waals surface area contributed by atoms with Crippen molar-refractivity contribution in [2.24, 2.45) is 0 Å². The Balaban J connectivity index is 2.24. The SMILES string of the molecule is CSc1ccc(C(C)Nc2cc(F)ccc2[N+](=O)[O-])cc1. The quantitative estimate of drug-likeness (QED) is 0.497. The van der Waals surface area contributed by atoms with Gasteiger partial charge in [-0.1, -0.05) is 12.1 Å². The lowest BCUT2D eigenvalue weighted by atomic mass is 10.1. The summed E-state index contributed by atoms with van der Waals surface area (Å²) >= 11 is 1.64. The van der Waals surface area contributed by atoms with Crippen molar-refractivity contribution >= 4 is 23.1 Å². The molecular formula is C15H15FN2O2S. The predicted octanol–water partition coefficient (Wildman–Crippen LogP) is 4.63. The molecule has 1 atom stereocenters. The van der Waals surface area contributed by atoms with Gasteiger partial charge in [-0.3, -0.25) is 10.1 Å². The van der Waals surface area contributed by atoms with Gasteiger partial charge in [-0.15, -0.1) is 11.8 Å². The molecule has 6 heteroatoms. The van der Waals surface area contributed by atoms with Crippen molar-refractivity contribution in [3.05, 3.63) is 64.0 Å². The maximum Gasteiger partial charge on any atom is 0.292 e. The molecule has 1 unspecified atom stereocenters. The Kier molecular flexibility index (Phi) is 4.80. The Bertz CT molecular complexity index is 647. The summed E-state index contributed by atoms with van der Waals surface area (Å²) in [6, 6.07) is 11.1. The van der Waals surface area contributed by atoms with Gasteiger partial charge in [0.25, 0.3) is 5.69 Å².